The van der Waals surface area contributed by atoms with Crippen molar-refractivity contribution >= 4 is 34.8 Å². The third kappa shape index (κ3) is 5.38. The molecule has 0 aromatic heterocycles. The summed E-state index contributed by atoms with van der Waals surface area (Å²) in [6, 6.07) is 14.8. The van der Waals surface area contributed by atoms with Crippen molar-refractivity contribution in [2.24, 2.45) is 0 Å². The predicted molar refractivity (Wildman–Crippen MR) is 87.0 cm³/mol. The quantitative estimate of drug-likeness (QED) is 0.871. The zero-order valence-corrected chi connectivity index (χ0v) is 13.2. The SMILES string of the molecule is C[NH+](CC(=O)Nc1cccc(Cl)c1)Cc1cccc(Cl)c1. The first-order valence-electron chi connectivity index (χ1n) is 6.64. The van der Waals surface area contributed by atoms with Crippen LogP contribution in [0.3, 0.4) is 0 Å². The van der Waals surface area contributed by atoms with Crippen molar-refractivity contribution < 1.29 is 9.69 Å². The summed E-state index contributed by atoms with van der Waals surface area (Å²) in [5.41, 5.74) is 1.82. The Balaban J connectivity index is 1.87. The molecule has 110 valence electrons. The maximum absolute atomic E-state index is 12.0. The molecular weight excluding hydrogens is 307 g/mol. The van der Waals surface area contributed by atoms with E-state index in [-0.39, 0.29) is 5.91 Å². The van der Waals surface area contributed by atoms with Gasteiger partial charge in [0.1, 0.15) is 6.54 Å². The number of carbonyl (C=O) groups excluding carboxylic acids is 1. The number of amides is 1. The summed E-state index contributed by atoms with van der Waals surface area (Å²) in [6.07, 6.45) is 0. The van der Waals surface area contributed by atoms with E-state index >= 15 is 0 Å². The molecule has 0 fully saturated rings. The zero-order valence-electron chi connectivity index (χ0n) is 11.7. The summed E-state index contributed by atoms with van der Waals surface area (Å²) in [5, 5.41) is 4.16. The van der Waals surface area contributed by atoms with Crippen molar-refractivity contribution in [2.75, 3.05) is 18.9 Å². The molecule has 0 aliphatic carbocycles. The summed E-state index contributed by atoms with van der Waals surface area (Å²) in [7, 11) is 1.97. The zero-order chi connectivity index (χ0) is 15.2. The fraction of sp³-hybridized carbons (Fsp3) is 0.188. The summed E-state index contributed by atoms with van der Waals surface area (Å²) >= 11 is 11.8. The molecule has 2 rings (SSSR count). The molecule has 2 N–H and O–H groups in total. The van der Waals surface area contributed by atoms with Gasteiger partial charge < -0.3 is 10.2 Å². The number of carbonyl (C=O) groups is 1. The fourth-order valence-corrected chi connectivity index (χ4v) is 2.51. The second-order valence-corrected chi connectivity index (χ2v) is 5.87. The maximum atomic E-state index is 12.0. The molecule has 1 unspecified atom stereocenters. The lowest BCUT2D eigenvalue weighted by molar-refractivity contribution is -0.885. The highest BCUT2D eigenvalue weighted by molar-refractivity contribution is 6.31. The molecule has 21 heavy (non-hydrogen) atoms. The van der Waals surface area contributed by atoms with Gasteiger partial charge in [0.05, 0.1) is 7.05 Å². The Kier molecular flexibility index (Phi) is 5.62. The van der Waals surface area contributed by atoms with E-state index in [1.165, 1.54) is 0 Å². The van der Waals surface area contributed by atoms with Crippen LogP contribution in [0.25, 0.3) is 0 Å². The number of nitrogens with one attached hydrogen (secondary N) is 2. The maximum Gasteiger partial charge on any atom is 0.279 e. The van der Waals surface area contributed by atoms with Gasteiger partial charge in [0.25, 0.3) is 5.91 Å². The third-order valence-electron chi connectivity index (χ3n) is 2.97. The van der Waals surface area contributed by atoms with Gasteiger partial charge in [0.15, 0.2) is 6.54 Å². The molecule has 0 spiro atoms. The van der Waals surface area contributed by atoms with Gasteiger partial charge in [-0.3, -0.25) is 4.79 Å². The van der Waals surface area contributed by atoms with Crippen molar-refractivity contribution in [2.45, 2.75) is 6.54 Å². The van der Waals surface area contributed by atoms with E-state index < -0.39 is 0 Å². The van der Waals surface area contributed by atoms with Crippen LogP contribution in [-0.2, 0) is 11.3 Å². The minimum Gasteiger partial charge on any atom is -0.326 e. The second kappa shape index (κ2) is 7.46. The molecule has 0 bridgehead atoms. The van der Waals surface area contributed by atoms with Gasteiger partial charge in [-0.1, -0.05) is 41.4 Å². The molecule has 0 radical (unpaired) electrons. The van der Waals surface area contributed by atoms with E-state index in [1.807, 2.05) is 37.4 Å². The van der Waals surface area contributed by atoms with Crippen molar-refractivity contribution in [3.8, 4) is 0 Å². The summed E-state index contributed by atoms with van der Waals surface area (Å²) in [4.78, 5) is 13.1. The van der Waals surface area contributed by atoms with Crippen LogP contribution < -0.4 is 10.2 Å². The van der Waals surface area contributed by atoms with Crippen molar-refractivity contribution in [1.82, 2.24) is 0 Å². The average Bonchev–Trinajstić information content (AvgIpc) is 2.38. The highest BCUT2D eigenvalue weighted by Crippen LogP contribution is 2.14. The highest BCUT2D eigenvalue weighted by Gasteiger charge is 2.11. The smallest absolute Gasteiger partial charge is 0.279 e. The van der Waals surface area contributed by atoms with Gasteiger partial charge >= 0.3 is 0 Å². The first kappa shape index (κ1) is 15.8. The molecular formula is C16H17Cl2N2O+. The van der Waals surface area contributed by atoms with Gasteiger partial charge in [0, 0.05) is 21.3 Å². The predicted octanol–water partition coefficient (Wildman–Crippen LogP) is 2.65. The molecule has 1 amide bonds. The number of benzene rings is 2. The molecule has 0 aliphatic heterocycles. The van der Waals surface area contributed by atoms with E-state index in [9.17, 15) is 4.79 Å². The van der Waals surface area contributed by atoms with Crippen LogP contribution >= 0.6 is 23.2 Å². The highest BCUT2D eigenvalue weighted by atomic mass is 35.5. The number of halogens is 2. The molecule has 2 aromatic carbocycles. The first-order valence-corrected chi connectivity index (χ1v) is 7.39. The van der Waals surface area contributed by atoms with Crippen LogP contribution in [0.2, 0.25) is 10.0 Å². The van der Waals surface area contributed by atoms with Crippen molar-refractivity contribution in [3.05, 3.63) is 64.1 Å². The lowest BCUT2D eigenvalue weighted by atomic mass is 10.2. The normalized spacial score (nSPS) is 12.0. The Morgan fingerprint density at radius 1 is 1.10 bits per heavy atom. The summed E-state index contributed by atoms with van der Waals surface area (Å²) < 4.78 is 0. The lowest BCUT2D eigenvalue weighted by Gasteiger charge is -2.14. The van der Waals surface area contributed by atoms with Crippen molar-refractivity contribution in [1.29, 1.82) is 0 Å². The second-order valence-electron chi connectivity index (χ2n) is 5.00. The minimum absolute atomic E-state index is 0.0446. The molecule has 0 heterocycles. The number of rotatable bonds is 5. The largest absolute Gasteiger partial charge is 0.326 e. The molecule has 5 heteroatoms. The Labute approximate surface area is 134 Å². The van der Waals surface area contributed by atoms with Gasteiger partial charge in [0.2, 0.25) is 0 Å². The van der Waals surface area contributed by atoms with Gasteiger partial charge in [-0.05, 0) is 30.3 Å². The minimum atomic E-state index is -0.0446. The van der Waals surface area contributed by atoms with E-state index in [4.69, 9.17) is 23.2 Å². The van der Waals surface area contributed by atoms with Crippen LogP contribution in [0.5, 0.6) is 0 Å². The number of likely N-dealkylation sites (N-methyl/N-ethyl adjacent to an activating group) is 1. The van der Waals surface area contributed by atoms with E-state index in [0.29, 0.717) is 22.3 Å². The molecule has 0 saturated heterocycles. The lowest BCUT2D eigenvalue weighted by Crippen LogP contribution is -3.08. The Morgan fingerprint density at radius 3 is 2.43 bits per heavy atom. The van der Waals surface area contributed by atoms with E-state index in [1.54, 1.807) is 18.2 Å². The first-order chi connectivity index (χ1) is 10.0. The Hall–Kier alpha value is -1.55. The van der Waals surface area contributed by atoms with E-state index in [2.05, 4.69) is 5.32 Å². The van der Waals surface area contributed by atoms with Gasteiger partial charge in [-0.15, -0.1) is 0 Å². The standard InChI is InChI=1S/C16H16Cl2N2O/c1-20(10-12-4-2-5-13(17)8-12)11-16(21)19-15-7-3-6-14(18)9-15/h2-9H,10-11H2,1H3,(H,19,21)/p+1. The topological polar surface area (TPSA) is 33.5 Å². The third-order valence-corrected chi connectivity index (χ3v) is 3.44. The Morgan fingerprint density at radius 2 is 1.76 bits per heavy atom. The number of quaternary nitrogens is 1. The molecule has 2 aromatic rings. The molecule has 1 atom stereocenters. The number of hydrogen-bond donors (Lipinski definition) is 2. The van der Waals surface area contributed by atoms with Crippen LogP contribution in [0.15, 0.2) is 48.5 Å². The van der Waals surface area contributed by atoms with Gasteiger partial charge in [-0.25, -0.2) is 0 Å². The fourth-order valence-electron chi connectivity index (χ4n) is 2.10. The average molecular weight is 324 g/mol. The Bertz CT molecular complexity index is 631. The van der Waals surface area contributed by atoms with Crippen LogP contribution in [0.4, 0.5) is 5.69 Å². The number of anilines is 1. The van der Waals surface area contributed by atoms with Crippen LogP contribution in [-0.4, -0.2) is 19.5 Å². The number of hydrogen-bond acceptors (Lipinski definition) is 1. The molecule has 3 nitrogen and oxygen atoms in total. The molecule has 0 aliphatic rings. The van der Waals surface area contributed by atoms with Crippen LogP contribution in [0, 0.1) is 0 Å². The monoisotopic (exact) mass is 323 g/mol. The van der Waals surface area contributed by atoms with Crippen LogP contribution in [0.1, 0.15) is 5.56 Å². The summed E-state index contributed by atoms with van der Waals surface area (Å²) in [6.45, 7) is 1.11. The van der Waals surface area contributed by atoms with Crippen molar-refractivity contribution in [3.63, 3.8) is 0 Å². The molecule has 0 saturated carbocycles. The van der Waals surface area contributed by atoms with E-state index in [0.717, 1.165) is 17.0 Å². The summed E-state index contributed by atoms with van der Waals surface area (Å²) in [5.74, 6) is -0.0446. The van der Waals surface area contributed by atoms with Gasteiger partial charge in [-0.2, -0.15) is 0 Å².